The van der Waals surface area contributed by atoms with Crippen LogP contribution < -0.4 is 48.1 Å². The van der Waals surface area contributed by atoms with Crippen molar-refractivity contribution < 1.29 is 42.1 Å². The van der Waals surface area contributed by atoms with E-state index >= 15 is 0 Å². The summed E-state index contributed by atoms with van der Waals surface area (Å²) in [5.41, 5.74) is 17.8. The van der Waals surface area contributed by atoms with E-state index < -0.39 is 0 Å². The van der Waals surface area contributed by atoms with Gasteiger partial charge >= 0.3 is 6.03 Å². The van der Waals surface area contributed by atoms with Crippen molar-refractivity contribution in [3.05, 3.63) is 167 Å². The maximum absolute atomic E-state index is 13.1. The van der Waals surface area contributed by atoms with Gasteiger partial charge in [0.15, 0.2) is 0 Å². The number of nitrogens with one attached hydrogen (secondary N) is 6. The number of halogens is 4. The van der Waals surface area contributed by atoms with Crippen LogP contribution in [0.3, 0.4) is 0 Å². The highest BCUT2D eigenvalue weighted by Gasteiger charge is 2.33. The first kappa shape index (κ1) is 98.9. The van der Waals surface area contributed by atoms with E-state index in [2.05, 4.69) is 53.6 Å². The monoisotopic (exact) mass is 1680 g/mol. The molecule has 10 fully saturated rings. The molecule has 0 unspecified atom stereocenters. The number of benzene rings is 5. The van der Waals surface area contributed by atoms with Crippen LogP contribution in [0.15, 0.2) is 121 Å². The Labute approximate surface area is 726 Å². The van der Waals surface area contributed by atoms with Crippen molar-refractivity contribution in [2.24, 2.45) is 70.6 Å². The van der Waals surface area contributed by atoms with Gasteiger partial charge in [-0.1, -0.05) is 132 Å². The average Bonchev–Trinajstić information content (AvgIpc) is 0.855. The van der Waals surface area contributed by atoms with E-state index in [1.54, 1.807) is 55.6 Å². The number of nitrogens with zero attached hydrogens (tertiary/aromatic N) is 3. The number of ether oxygens (including phenoxy) is 1. The van der Waals surface area contributed by atoms with Crippen LogP contribution in [0.1, 0.15) is 228 Å². The number of rotatable bonds is 23. The van der Waals surface area contributed by atoms with Crippen LogP contribution in [0.2, 0.25) is 0 Å². The smallest absolute Gasteiger partial charge is 0.319 e. The number of nitrogens with two attached hydrogens (primary N) is 2. The van der Waals surface area contributed by atoms with E-state index in [4.69, 9.17) is 26.4 Å². The minimum atomic E-state index is -0.165. The molecule has 20 heteroatoms. The van der Waals surface area contributed by atoms with E-state index in [9.17, 15) is 27.2 Å². The molecular weight excluding hydrogens is 1520 g/mol. The molecule has 6 saturated carbocycles. The molecule has 15 rings (SSSR count). The summed E-state index contributed by atoms with van der Waals surface area (Å²) < 4.78 is 57.0. The molecule has 0 aromatic heterocycles. The summed E-state index contributed by atoms with van der Waals surface area (Å²) in [5, 5.41) is 37.2. The van der Waals surface area contributed by atoms with Gasteiger partial charge < -0.3 is 77.8 Å². The number of piperidine rings is 4. The Morgan fingerprint density at radius 3 is 1.11 bits per heavy atom. The number of hydrogen-bond acceptors (Lipinski definition) is 14. The lowest BCUT2D eigenvalue weighted by molar-refractivity contribution is -0.112. The average molecular weight is 1680 g/mol. The van der Waals surface area contributed by atoms with Gasteiger partial charge in [0.05, 0.1) is 7.11 Å². The van der Waals surface area contributed by atoms with Gasteiger partial charge in [-0.2, -0.15) is 0 Å². The van der Waals surface area contributed by atoms with E-state index in [0.29, 0.717) is 54.3 Å². The van der Waals surface area contributed by atoms with Crippen molar-refractivity contribution in [3.8, 4) is 5.75 Å². The molecular formula is C101H159F4N11O5. The Hall–Kier alpha value is -5.88. The highest BCUT2D eigenvalue weighted by atomic mass is 19.1. The van der Waals surface area contributed by atoms with Gasteiger partial charge in [0.25, 0.3) is 0 Å². The zero-order valence-corrected chi connectivity index (χ0v) is 74.6. The SMILES string of the molecule is CN[C@@H]1CCCC[C@H]1C=O.CN[C@@H]1CCCC[C@H]1CN1CCC(Cc2ccc(F)cc2)CC1.CN[C@@H]1CCCC[C@H]1CO.COc1cccc(NC(=O)N[C@@H]2CCCC[C@H]2CN2CCC(Cc3ccc(F)cc3)CC2)c1.Fc1ccc(CC2CCNCC2)cc1.N[C@@H]1CCCC[C@H]1CN1CCC(Cc2ccc(F)cc2)CC1.N[C@@H]1CCCC[C@H]1CO. The Kier molecular flexibility index (Phi) is 46.0. The predicted molar refractivity (Wildman–Crippen MR) is 489 cm³/mol. The fourth-order valence-electron chi connectivity index (χ4n) is 20.9. The van der Waals surface area contributed by atoms with Crippen molar-refractivity contribution >= 4 is 18.0 Å². The number of aliphatic hydroxyl groups excluding tert-OH is 2. The lowest BCUT2D eigenvalue weighted by Gasteiger charge is -2.39. The van der Waals surface area contributed by atoms with Crippen LogP contribution in [-0.2, 0) is 30.5 Å². The second-order valence-corrected chi connectivity index (χ2v) is 37.4. The molecule has 5 aromatic carbocycles. The van der Waals surface area contributed by atoms with Gasteiger partial charge in [-0.3, -0.25) is 0 Å². The number of aliphatic hydroxyl groups is 2. The Morgan fingerprint density at radius 1 is 0.413 bits per heavy atom. The summed E-state index contributed by atoms with van der Waals surface area (Å²) in [6.07, 6.45) is 45.3. The van der Waals surface area contributed by atoms with Crippen LogP contribution in [0.25, 0.3) is 0 Å². The third-order valence-electron chi connectivity index (χ3n) is 28.7. The molecule has 0 radical (unpaired) electrons. The highest BCUT2D eigenvalue weighted by Crippen LogP contribution is 2.34. The highest BCUT2D eigenvalue weighted by molar-refractivity contribution is 5.89. The fourth-order valence-corrected chi connectivity index (χ4v) is 20.9. The quantitative estimate of drug-likeness (QED) is 0.0217. The standard InChI is InChI=1S/C27H36FN3O2.C20H31FN2.C19H29FN2.C12H16FN.C8H17NO.C8H15NO.C7H15NO/c1-33-25-7-4-6-24(18-25)29-27(32)30-26-8-3-2-5-22(26)19-31-15-13-21(14-16-31)17-20-9-11-23(28)12-10-20;1-22-20-5-3-2-4-18(20)15-23-12-10-17(11-13-23)14-16-6-8-19(21)9-7-16;20-18-7-5-15(6-8-18)13-16-9-11-22(12-10-16)14-17-3-1-2-4-19(17)21;13-12-3-1-10(2-4-12)9-11-5-7-14-8-6-11;2*1-9-8-5-3-2-4-7(8)6-10;8-7-4-2-1-3-6(7)5-9/h4,6-7,9-12,18,21-22,26H,2-3,5,8,13-17,19H2,1H3,(H2,29,30,32);6-9,17-18,20,22H,2-5,10-15H2,1H3;5-8,16-17,19H,1-4,9-14,21H2;1-4,11,14H,5-9H2;7-10H,2-6H2,1H3;6-9H,2-5H2,1H3;6-7,9H,1-5,8H2/t22-,26+;18-,20+;17-,19+;;2*7-,8+;6-,7+/m000.000/s1. The first-order valence-corrected chi connectivity index (χ1v) is 47.8. The molecule has 5 aromatic rings. The lowest BCUT2D eigenvalue weighted by atomic mass is 9.83. The predicted octanol–water partition coefficient (Wildman–Crippen LogP) is 17.5. The number of aldehydes is 1. The third-order valence-corrected chi connectivity index (χ3v) is 28.7. The molecule has 676 valence electrons. The first-order valence-electron chi connectivity index (χ1n) is 47.8. The summed E-state index contributed by atoms with van der Waals surface area (Å²) in [5.74, 6) is 6.33. The van der Waals surface area contributed by atoms with E-state index in [1.165, 1.54) is 241 Å². The number of carbonyl (C=O) groups is 2. The van der Waals surface area contributed by atoms with Crippen molar-refractivity contribution in [2.45, 2.75) is 267 Å². The van der Waals surface area contributed by atoms with Gasteiger partial charge in [0.2, 0.25) is 0 Å². The summed E-state index contributed by atoms with van der Waals surface area (Å²) in [4.78, 5) is 31.0. The number of anilines is 1. The number of amides is 2. The number of urea groups is 1. The lowest BCUT2D eigenvalue weighted by Crippen LogP contribution is -2.48. The molecule has 6 aliphatic carbocycles. The normalized spacial score (nSPS) is 26.7. The Morgan fingerprint density at radius 2 is 0.744 bits per heavy atom. The zero-order valence-electron chi connectivity index (χ0n) is 74.6. The van der Waals surface area contributed by atoms with Crippen LogP contribution in [0.5, 0.6) is 5.75 Å². The van der Waals surface area contributed by atoms with Crippen LogP contribution in [0, 0.1) is 82.4 Å². The minimum absolute atomic E-state index is 0.130. The molecule has 4 aliphatic heterocycles. The molecule has 4 saturated heterocycles. The molecule has 121 heavy (non-hydrogen) atoms. The van der Waals surface area contributed by atoms with Gasteiger partial charge in [0.1, 0.15) is 35.3 Å². The molecule has 12 atom stereocenters. The van der Waals surface area contributed by atoms with Crippen LogP contribution in [0.4, 0.5) is 28.0 Å². The van der Waals surface area contributed by atoms with Crippen molar-refractivity contribution in [1.82, 2.24) is 41.3 Å². The van der Waals surface area contributed by atoms with E-state index in [-0.39, 0.29) is 53.9 Å². The fraction of sp³-hybridized carbons (Fsp3) is 0.683. The van der Waals surface area contributed by atoms with Crippen LogP contribution in [-0.4, -0.2) is 187 Å². The van der Waals surface area contributed by atoms with Gasteiger partial charge in [-0.05, 0) is 364 Å². The third kappa shape index (κ3) is 36.5. The topological polar surface area (TPSA) is 218 Å². The van der Waals surface area contributed by atoms with Crippen molar-refractivity contribution in [3.63, 3.8) is 0 Å². The summed E-state index contributed by atoms with van der Waals surface area (Å²) >= 11 is 0. The summed E-state index contributed by atoms with van der Waals surface area (Å²) in [6, 6.07) is 37.9. The van der Waals surface area contributed by atoms with Crippen molar-refractivity contribution in [2.75, 3.05) is 119 Å². The largest absolute Gasteiger partial charge is 0.497 e. The molecule has 12 N–H and O–H groups in total. The first-order chi connectivity index (χ1) is 59.0. The zero-order chi connectivity index (χ0) is 85.8. The van der Waals surface area contributed by atoms with Gasteiger partial charge in [-0.25, -0.2) is 22.4 Å². The second-order valence-electron chi connectivity index (χ2n) is 37.4. The van der Waals surface area contributed by atoms with Gasteiger partial charge in [0, 0.05) is 86.8 Å². The molecule has 16 nitrogen and oxygen atoms in total. The Bertz CT molecular complexity index is 3530. The maximum Gasteiger partial charge on any atom is 0.319 e. The van der Waals surface area contributed by atoms with Crippen molar-refractivity contribution in [1.29, 1.82) is 0 Å². The molecule has 10 aliphatic rings. The van der Waals surface area contributed by atoms with Gasteiger partial charge in [-0.15, -0.1) is 0 Å². The molecule has 4 heterocycles. The number of likely N-dealkylation sites (tertiary alicyclic amines) is 3. The number of carbonyl (C=O) groups excluding carboxylic acids is 2. The summed E-state index contributed by atoms with van der Waals surface area (Å²) in [6.45, 7) is 13.5. The Balaban J connectivity index is 0.000000169. The number of hydrogen-bond donors (Lipinski definition) is 10. The molecule has 2 amide bonds. The van der Waals surface area contributed by atoms with E-state index in [0.717, 1.165) is 132 Å². The second kappa shape index (κ2) is 56.3. The molecule has 0 bridgehead atoms. The van der Waals surface area contributed by atoms with E-state index in [1.807, 2.05) is 86.9 Å². The maximum atomic E-state index is 13.1. The molecule has 0 spiro atoms. The summed E-state index contributed by atoms with van der Waals surface area (Å²) in [7, 11) is 7.67. The minimum Gasteiger partial charge on any atom is -0.497 e. The van der Waals surface area contributed by atoms with Crippen LogP contribution >= 0.6 is 0 Å². The number of methoxy groups -OCH3 is 1.